The third-order valence-corrected chi connectivity index (χ3v) is 3.81. The summed E-state index contributed by atoms with van der Waals surface area (Å²) < 4.78 is 0. The van der Waals surface area contributed by atoms with Gasteiger partial charge in [-0.3, -0.25) is 4.90 Å². The summed E-state index contributed by atoms with van der Waals surface area (Å²) in [6, 6.07) is 0. The van der Waals surface area contributed by atoms with Crippen LogP contribution in [0.5, 0.6) is 0 Å². The van der Waals surface area contributed by atoms with Gasteiger partial charge in [0, 0.05) is 15.8 Å². The average molecular weight is 211 g/mol. The van der Waals surface area contributed by atoms with E-state index in [1.54, 1.807) is 5.20 Å². The Kier molecular flexibility index (Phi) is 4.39. The molecule has 1 aliphatic heterocycles. The molecule has 0 saturated carbocycles. The molecule has 0 amide bonds. The molecule has 1 rings (SSSR count). The third kappa shape index (κ3) is 2.48. The van der Waals surface area contributed by atoms with Crippen LogP contribution in [0.25, 0.3) is 0 Å². The van der Waals surface area contributed by atoms with Crippen molar-refractivity contribution >= 4 is 10.2 Å². The Morgan fingerprint density at radius 3 is 2.14 bits per heavy atom. The summed E-state index contributed by atoms with van der Waals surface area (Å²) >= 11 is 0. The van der Waals surface area contributed by atoms with E-state index in [1.807, 2.05) is 0 Å². The van der Waals surface area contributed by atoms with Crippen molar-refractivity contribution in [2.24, 2.45) is 0 Å². The lowest BCUT2D eigenvalue weighted by molar-refractivity contribution is 0.154. The first-order valence-corrected chi connectivity index (χ1v) is 7.05. The van der Waals surface area contributed by atoms with Gasteiger partial charge in [0.2, 0.25) is 0 Å². The molecule has 1 aliphatic rings. The van der Waals surface area contributed by atoms with E-state index in [-0.39, 0.29) is 0 Å². The van der Waals surface area contributed by atoms with Gasteiger partial charge in [-0.25, -0.2) is 0 Å². The van der Waals surface area contributed by atoms with Gasteiger partial charge in [-0.2, -0.15) is 0 Å². The highest BCUT2D eigenvalue weighted by atomic mass is 28.1. The van der Waals surface area contributed by atoms with Crippen LogP contribution in [-0.2, 0) is 0 Å². The Morgan fingerprint density at radius 2 is 1.79 bits per heavy atom. The molecule has 1 heterocycles. The van der Waals surface area contributed by atoms with Crippen molar-refractivity contribution in [3.8, 4) is 0 Å². The van der Waals surface area contributed by atoms with Crippen molar-refractivity contribution in [3.63, 3.8) is 0 Å². The van der Waals surface area contributed by atoms with Crippen LogP contribution in [0.1, 0.15) is 46.5 Å². The van der Waals surface area contributed by atoms with Gasteiger partial charge >= 0.3 is 0 Å². The number of hydrogen-bond donors (Lipinski definition) is 0. The van der Waals surface area contributed by atoms with Gasteiger partial charge in [0.05, 0.1) is 0 Å². The van der Waals surface area contributed by atoms with Crippen LogP contribution in [0.2, 0.25) is 0 Å². The first-order chi connectivity index (χ1) is 6.64. The minimum absolute atomic E-state index is 0.391. The van der Waals surface area contributed by atoms with E-state index in [9.17, 15) is 0 Å². The second kappa shape index (κ2) is 5.13. The zero-order valence-electron chi connectivity index (χ0n) is 10.3. The van der Waals surface area contributed by atoms with Crippen molar-refractivity contribution in [3.05, 3.63) is 11.3 Å². The summed E-state index contributed by atoms with van der Waals surface area (Å²) in [7, 11) is 1.21. The molecule has 0 atom stereocenters. The molecule has 1 fully saturated rings. The molecule has 0 aromatic heterocycles. The van der Waals surface area contributed by atoms with Gasteiger partial charge in [-0.05, 0) is 45.7 Å². The first-order valence-electron chi connectivity index (χ1n) is 6.05. The number of hydrogen-bond acceptors (Lipinski definition) is 1. The minimum atomic E-state index is 0.391. The summed E-state index contributed by atoms with van der Waals surface area (Å²) in [6.07, 6.45) is 7.88. The van der Waals surface area contributed by atoms with Gasteiger partial charge in [-0.1, -0.05) is 25.1 Å². The van der Waals surface area contributed by atoms with Crippen LogP contribution in [0, 0.1) is 0 Å². The number of likely N-dealkylation sites (tertiary alicyclic amines) is 1. The van der Waals surface area contributed by atoms with E-state index in [2.05, 4.69) is 31.7 Å². The van der Waals surface area contributed by atoms with Crippen LogP contribution >= 0.6 is 0 Å². The molecular formula is C12H25NSi. The molecule has 2 heteroatoms. The van der Waals surface area contributed by atoms with E-state index in [1.165, 1.54) is 49.0 Å². The summed E-state index contributed by atoms with van der Waals surface area (Å²) in [6.45, 7) is 9.58. The molecule has 0 bridgehead atoms. The summed E-state index contributed by atoms with van der Waals surface area (Å²) in [5.74, 6) is 0. The van der Waals surface area contributed by atoms with E-state index in [0.717, 1.165) is 0 Å². The molecule has 0 aromatic carbocycles. The molecule has 0 N–H and O–H groups in total. The highest BCUT2D eigenvalue weighted by Crippen LogP contribution is 2.30. The van der Waals surface area contributed by atoms with Crippen molar-refractivity contribution in [2.75, 3.05) is 13.1 Å². The first kappa shape index (κ1) is 12.0. The molecular weight excluding hydrogens is 186 g/mol. The zero-order valence-corrected chi connectivity index (χ0v) is 12.3. The summed E-state index contributed by atoms with van der Waals surface area (Å²) in [5, 5.41) is 1.60. The topological polar surface area (TPSA) is 3.24 Å². The molecule has 0 aromatic rings. The zero-order chi connectivity index (χ0) is 10.6. The third-order valence-electron chi connectivity index (χ3n) is 3.52. The minimum Gasteiger partial charge on any atom is -0.294 e. The van der Waals surface area contributed by atoms with E-state index >= 15 is 0 Å². The van der Waals surface area contributed by atoms with Crippen LogP contribution < -0.4 is 0 Å². The maximum atomic E-state index is 2.70. The normalized spacial score (nSPS) is 20.6. The largest absolute Gasteiger partial charge is 0.294 e. The molecule has 1 saturated heterocycles. The van der Waals surface area contributed by atoms with Gasteiger partial charge in [0.1, 0.15) is 0 Å². The lowest BCUT2D eigenvalue weighted by Crippen LogP contribution is -2.44. The molecule has 0 radical (unpaired) electrons. The second-order valence-corrected chi connectivity index (χ2v) is 6.30. The van der Waals surface area contributed by atoms with E-state index in [4.69, 9.17) is 0 Å². The van der Waals surface area contributed by atoms with Gasteiger partial charge in [0.25, 0.3) is 0 Å². The number of rotatable bonds is 4. The Morgan fingerprint density at radius 1 is 1.29 bits per heavy atom. The smallest absolute Gasteiger partial charge is 0.0384 e. The van der Waals surface area contributed by atoms with Crippen LogP contribution in [0.3, 0.4) is 0 Å². The maximum Gasteiger partial charge on any atom is 0.0384 e. The molecule has 82 valence electrons. The fraction of sp³-hybridized carbons (Fsp3) is 0.833. The van der Waals surface area contributed by atoms with Crippen molar-refractivity contribution < 1.29 is 0 Å². The fourth-order valence-electron chi connectivity index (χ4n) is 2.69. The van der Waals surface area contributed by atoms with Gasteiger partial charge in [0.15, 0.2) is 0 Å². The van der Waals surface area contributed by atoms with Crippen LogP contribution in [0.4, 0.5) is 0 Å². The Labute approximate surface area is 92.0 Å². The molecule has 1 nitrogen and oxygen atoms in total. The highest BCUT2D eigenvalue weighted by Gasteiger charge is 2.32. The molecule has 0 unspecified atom stereocenters. The summed E-state index contributed by atoms with van der Waals surface area (Å²) in [5.41, 5.74) is 0.391. The predicted molar refractivity (Wildman–Crippen MR) is 67.8 cm³/mol. The lowest BCUT2D eigenvalue weighted by Gasteiger charge is -2.39. The van der Waals surface area contributed by atoms with Crippen LogP contribution in [0.15, 0.2) is 11.3 Å². The second-order valence-electron chi connectivity index (χ2n) is 4.73. The number of allylic oxidation sites excluding steroid dienone is 1. The average Bonchev–Trinajstić information content (AvgIpc) is 2.67. The Bertz CT molecular complexity index is 196. The van der Waals surface area contributed by atoms with E-state index < -0.39 is 0 Å². The predicted octanol–water partition coefficient (Wildman–Crippen LogP) is 1.91. The molecule has 0 aliphatic carbocycles. The fourth-order valence-corrected chi connectivity index (χ4v) is 3.23. The SMILES string of the molecule is CCC(/C=C(/C)[SiH3])(CC)N1CCCC1. The number of nitrogens with zero attached hydrogens (tertiary/aromatic N) is 1. The van der Waals surface area contributed by atoms with Crippen molar-refractivity contribution in [1.82, 2.24) is 4.90 Å². The molecule has 14 heavy (non-hydrogen) atoms. The van der Waals surface area contributed by atoms with Crippen molar-refractivity contribution in [1.29, 1.82) is 0 Å². The Balaban J connectivity index is 2.83. The Hall–Kier alpha value is -0.0831. The maximum absolute atomic E-state index is 2.70. The standard InChI is InChI=1S/C12H25NSi/c1-4-12(5-2,10-11(3)14)13-8-6-7-9-13/h10H,4-9H2,1-3,14H3/b11-10-. The van der Waals surface area contributed by atoms with E-state index in [0.29, 0.717) is 5.54 Å². The van der Waals surface area contributed by atoms with Gasteiger partial charge in [-0.15, -0.1) is 0 Å². The summed E-state index contributed by atoms with van der Waals surface area (Å²) in [4.78, 5) is 2.70. The highest BCUT2D eigenvalue weighted by molar-refractivity contribution is 6.21. The quantitative estimate of drug-likeness (QED) is 0.642. The monoisotopic (exact) mass is 211 g/mol. The van der Waals surface area contributed by atoms with Crippen LogP contribution in [-0.4, -0.2) is 33.8 Å². The molecule has 0 spiro atoms. The lowest BCUT2D eigenvalue weighted by atomic mass is 9.90. The van der Waals surface area contributed by atoms with Crippen molar-refractivity contribution in [2.45, 2.75) is 52.0 Å². The van der Waals surface area contributed by atoms with Gasteiger partial charge < -0.3 is 0 Å².